The Balaban J connectivity index is 1.94. The van der Waals surface area contributed by atoms with Crippen LogP contribution in [-0.2, 0) is 16.4 Å². The predicted molar refractivity (Wildman–Crippen MR) is 104 cm³/mol. The van der Waals surface area contributed by atoms with Crippen molar-refractivity contribution in [1.82, 2.24) is 9.29 Å². The molecule has 0 spiro atoms. The minimum absolute atomic E-state index is 0.150. The minimum atomic E-state index is -3.88. The zero-order valence-electron chi connectivity index (χ0n) is 15.2. The van der Waals surface area contributed by atoms with Gasteiger partial charge in [-0.3, -0.25) is 15.1 Å². The van der Waals surface area contributed by atoms with E-state index in [9.17, 15) is 23.6 Å². The molecule has 0 aliphatic carbocycles. The van der Waals surface area contributed by atoms with E-state index in [1.807, 2.05) is 12.1 Å². The number of anilines is 1. The van der Waals surface area contributed by atoms with Crippen molar-refractivity contribution in [3.8, 4) is 0 Å². The molecule has 2 heterocycles. The maximum Gasteiger partial charge on any atom is 0.270 e. The van der Waals surface area contributed by atoms with Gasteiger partial charge in [-0.1, -0.05) is 6.07 Å². The van der Waals surface area contributed by atoms with Crippen molar-refractivity contribution in [3.05, 3.63) is 58.4 Å². The van der Waals surface area contributed by atoms with Crippen molar-refractivity contribution in [2.24, 2.45) is 0 Å². The second-order valence-electron chi connectivity index (χ2n) is 6.60. The summed E-state index contributed by atoms with van der Waals surface area (Å²) in [6.45, 7) is 0.528. The summed E-state index contributed by atoms with van der Waals surface area (Å²) in [5, 5.41) is 23.9. The Bertz CT molecular complexity index is 930. The minimum Gasteiger partial charge on any atom is -0.394 e. The smallest absolute Gasteiger partial charge is 0.270 e. The van der Waals surface area contributed by atoms with Crippen molar-refractivity contribution in [1.29, 1.82) is 0 Å². The number of aliphatic hydroxyl groups excluding tert-OH is 1. The lowest BCUT2D eigenvalue weighted by Gasteiger charge is -2.22. The first kappa shape index (κ1) is 20.2. The predicted octanol–water partition coefficient (Wildman–Crippen LogP) is 1.79. The van der Waals surface area contributed by atoms with Crippen LogP contribution in [0, 0.1) is 10.1 Å². The monoisotopic (exact) mass is 406 g/mol. The molecule has 1 aromatic carbocycles. The van der Waals surface area contributed by atoms with Crippen LogP contribution >= 0.6 is 0 Å². The number of nitro benzene ring substituents is 1. The Morgan fingerprint density at radius 1 is 1.25 bits per heavy atom. The van der Waals surface area contributed by atoms with Gasteiger partial charge in [0.1, 0.15) is 4.90 Å². The number of sulfonamides is 1. The average Bonchev–Trinajstić information content (AvgIpc) is 3.24. The lowest BCUT2D eigenvalue weighted by molar-refractivity contribution is -0.385. The third-order valence-corrected chi connectivity index (χ3v) is 6.56. The number of nitro groups is 1. The van der Waals surface area contributed by atoms with E-state index in [4.69, 9.17) is 0 Å². The number of non-ortho nitro benzene ring substituents is 1. The molecule has 0 saturated carbocycles. The number of nitrogens with one attached hydrogen (secondary N) is 1. The highest BCUT2D eigenvalue weighted by molar-refractivity contribution is 7.89. The van der Waals surface area contributed by atoms with Crippen LogP contribution in [0.25, 0.3) is 0 Å². The summed E-state index contributed by atoms with van der Waals surface area (Å²) < 4.78 is 27.4. The second kappa shape index (κ2) is 8.63. The van der Waals surface area contributed by atoms with E-state index >= 15 is 0 Å². The molecule has 1 aromatic heterocycles. The molecular weight excluding hydrogens is 384 g/mol. The summed E-state index contributed by atoms with van der Waals surface area (Å²) in [4.78, 5) is 14.6. The van der Waals surface area contributed by atoms with Gasteiger partial charge in [0.15, 0.2) is 0 Å². The molecule has 2 aromatic rings. The molecule has 9 nitrogen and oxygen atoms in total. The molecule has 0 unspecified atom stereocenters. The van der Waals surface area contributed by atoms with Crippen LogP contribution in [0.1, 0.15) is 18.5 Å². The van der Waals surface area contributed by atoms with E-state index in [1.54, 1.807) is 12.3 Å². The van der Waals surface area contributed by atoms with Crippen molar-refractivity contribution < 1.29 is 18.4 Å². The summed E-state index contributed by atoms with van der Waals surface area (Å²) in [7, 11) is -3.88. The second-order valence-corrected chi connectivity index (χ2v) is 8.50. The van der Waals surface area contributed by atoms with Crippen LogP contribution in [0.15, 0.2) is 47.5 Å². The summed E-state index contributed by atoms with van der Waals surface area (Å²) in [6, 6.07) is 8.62. The third kappa shape index (κ3) is 4.46. The van der Waals surface area contributed by atoms with Gasteiger partial charge in [-0.15, -0.1) is 0 Å². The molecule has 1 saturated heterocycles. The standard InChI is InChI=1S/C18H22N4O5S/c23-13-15(11-14-5-1-2-8-19-14)20-17-7-6-16(22(24)25)12-18(17)28(26,27)21-9-3-4-10-21/h1-2,5-8,12,15,20,23H,3-4,9-11,13H2/t15-/m0/s1. The average molecular weight is 406 g/mol. The molecule has 0 radical (unpaired) electrons. The van der Waals surface area contributed by atoms with Crippen LogP contribution in [0.2, 0.25) is 0 Å². The SMILES string of the molecule is O=[N+]([O-])c1ccc(N[C@H](CO)Cc2ccccn2)c(S(=O)(=O)N2CCCC2)c1. The molecule has 2 N–H and O–H groups in total. The molecule has 10 heteroatoms. The lowest BCUT2D eigenvalue weighted by atomic mass is 10.1. The Morgan fingerprint density at radius 3 is 2.61 bits per heavy atom. The quantitative estimate of drug-likeness (QED) is 0.505. The molecule has 3 rings (SSSR count). The summed E-state index contributed by atoms with van der Waals surface area (Å²) in [5.74, 6) is 0. The Morgan fingerprint density at radius 2 is 2.00 bits per heavy atom. The van der Waals surface area contributed by atoms with Crippen molar-refractivity contribution in [2.45, 2.75) is 30.2 Å². The first-order valence-corrected chi connectivity index (χ1v) is 10.4. The van der Waals surface area contributed by atoms with Crippen molar-refractivity contribution in [3.63, 3.8) is 0 Å². The molecule has 1 aliphatic rings. The number of aromatic nitrogens is 1. The van der Waals surface area contributed by atoms with Gasteiger partial charge in [0, 0.05) is 43.5 Å². The van der Waals surface area contributed by atoms with Gasteiger partial charge in [-0.25, -0.2) is 8.42 Å². The van der Waals surface area contributed by atoms with E-state index in [0.717, 1.165) is 24.6 Å². The van der Waals surface area contributed by atoms with Crippen molar-refractivity contribution >= 4 is 21.4 Å². The van der Waals surface area contributed by atoms with E-state index in [1.165, 1.54) is 16.4 Å². The van der Waals surface area contributed by atoms with Crippen LogP contribution in [0.3, 0.4) is 0 Å². The molecule has 0 bridgehead atoms. The fraction of sp³-hybridized carbons (Fsp3) is 0.389. The van der Waals surface area contributed by atoms with Gasteiger partial charge in [0.2, 0.25) is 10.0 Å². The summed E-state index contributed by atoms with van der Waals surface area (Å²) in [5.41, 5.74) is 0.668. The van der Waals surface area contributed by atoms with Crippen LogP contribution in [0.5, 0.6) is 0 Å². The third-order valence-electron chi connectivity index (χ3n) is 4.62. The van der Waals surface area contributed by atoms with E-state index in [-0.39, 0.29) is 22.9 Å². The largest absolute Gasteiger partial charge is 0.394 e. The number of pyridine rings is 1. The van der Waals surface area contributed by atoms with Gasteiger partial charge < -0.3 is 10.4 Å². The maximum atomic E-state index is 13.0. The van der Waals surface area contributed by atoms with E-state index < -0.39 is 21.0 Å². The first-order chi connectivity index (χ1) is 13.4. The fourth-order valence-corrected chi connectivity index (χ4v) is 4.87. The van der Waals surface area contributed by atoms with Gasteiger partial charge in [-0.2, -0.15) is 4.31 Å². The molecule has 0 amide bonds. The number of rotatable bonds is 8. The van der Waals surface area contributed by atoms with E-state index in [2.05, 4.69) is 10.3 Å². The molecule has 150 valence electrons. The number of nitrogens with zero attached hydrogens (tertiary/aromatic N) is 3. The number of hydrogen-bond donors (Lipinski definition) is 2. The molecule has 28 heavy (non-hydrogen) atoms. The van der Waals surface area contributed by atoms with Crippen molar-refractivity contribution in [2.75, 3.05) is 25.0 Å². The molecular formula is C18H22N4O5S. The van der Waals surface area contributed by atoms with Crippen LogP contribution in [-0.4, -0.2) is 53.5 Å². The highest BCUT2D eigenvalue weighted by Gasteiger charge is 2.31. The number of aliphatic hydroxyl groups is 1. The maximum absolute atomic E-state index is 13.0. The Kier molecular flexibility index (Phi) is 6.22. The number of hydrogen-bond acceptors (Lipinski definition) is 7. The molecule has 1 atom stereocenters. The van der Waals surface area contributed by atoms with Gasteiger partial charge in [0.25, 0.3) is 5.69 Å². The zero-order chi connectivity index (χ0) is 20.1. The van der Waals surface area contributed by atoms with Gasteiger partial charge in [-0.05, 0) is 31.0 Å². The summed E-state index contributed by atoms with van der Waals surface area (Å²) in [6.07, 6.45) is 3.53. The fourth-order valence-electron chi connectivity index (χ4n) is 3.18. The zero-order valence-corrected chi connectivity index (χ0v) is 16.0. The first-order valence-electron chi connectivity index (χ1n) is 8.97. The van der Waals surface area contributed by atoms with Gasteiger partial charge >= 0.3 is 0 Å². The molecule has 1 fully saturated rings. The van der Waals surface area contributed by atoms with E-state index in [0.29, 0.717) is 19.5 Å². The topological polar surface area (TPSA) is 126 Å². The molecule has 1 aliphatic heterocycles. The Labute approximate surface area is 163 Å². The van der Waals surface area contributed by atoms with Crippen LogP contribution in [0.4, 0.5) is 11.4 Å². The lowest BCUT2D eigenvalue weighted by Crippen LogP contribution is -2.31. The number of benzene rings is 1. The summed E-state index contributed by atoms with van der Waals surface area (Å²) >= 11 is 0. The Hall–Kier alpha value is -2.56. The van der Waals surface area contributed by atoms with Crippen LogP contribution < -0.4 is 5.32 Å². The van der Waals surface area contributed by atoms with Gasteiger partial charge in [0.05, 0.1) is 23.3 Å². The normalized spacial score (nSPS) is 16.0. The highest BCUT2D eigenvalue weighted by atomic mass is 32.2. The highest BCUT2D eigenvalue weighted by Crippen LogP contribution is 2.31.